The van der Waals surface area contributed by atoms with Gasteiger partial charge in [0, 0.05) is 10.8 Å². The minimum Gasteiger partial charge on any atom is -0.222 e. The molecule has 0 unspecified atom stereocenters. The van der Waals surface area contributed by atoms with Crippen molar-refractivity contribution >= 4 is 33.2 Å². The van der Waals surface area contributed by atoms with Gasteiger partial charge in [-0.1, -0.05) is 31.9 Å². The molecule has 0 aliphatic heterocycles. The molecule has 4 heteroatoms. The van der Waals surface area contributed by atoms with Gasteiger partial charge in [0.15, 0.2) is 0 Å². The Kier molecular flexibility index (Phi) is 3.29. The molecule has 1 aliphatic rings. The molecule has 0 fully saturated rings. The zero-order valence-corrected chi connectivity index (χ0v) is 12.4. The minimum atomic E-state index is 0.328. The monoisotopic (exact) mass is 280 g/mol. The molecular weight excluding hydrogens is 264 g/mol. The van der Waals surface area contributed by atoms with Crippen LogP contribution in [0.4, 0.5) is 0 Å². The van der Waals surface area contributed by atoms with E-state index in [9.17, 15) is 0 Å². The fourth-order valence-electron chi connectivity index (χ4n) is 2.56. The van der Waals surface area contributed by atoms with Crippen LogP contribution in [0.5, 0.6) is 0 Å². The Morgan fingerprint density at radius 1 is 1.11 bits per heavy atom. The second-order valence-corrected chi connectivity index (χ2v) is 6.71. The number of halogens is 1. The van der Waals surface area contributed by atoms with Crippen molar-refractivity contribution in [3.05, 3.63) is 21.4 Å². The first kappa shape index (κ1) is 12.4. The lowest BCUT2D eigenvalue weighted by atomic mass is 10.1. The molecule has 0 amide bonds. The molecule has 0 aromatic carbocycles. The third kappa shape index (κ3) is 2.04. The molecular formula is C14H17ClN2S. The smallest absolute Gasteiger partial charge is 0.141 e. The van der Waals surface area contributed by atoms with Crippen molar-refractivity contribution in [3.8, 4) is 0 Å². The van der Waals surface area contributed by atoms with Crippen LogP contribution < -0.4 is 0 Å². The number of nitrogens with zero attached hydrogens (tertiary/aromatic N) is 2. The Morgan fingerprint density at radius 3 is 2.67 bits per heavy atom. The van der Waals surface area contributed by atoms with Crippen molar-refractivity contribution in [1.82, 2.24) is 9.97 Å². The molecule has 0 radical (unpaired) electrons. The fraction of sp³-hybridized carbons (Fsp3) is 0.571. The average molecular weight is 281 g/mol. The summed E-state index contributed by atoms with van der Waals surface area (Å²) in [6.45, 7) is 4.21. The van der Waals surface area contributed by atoms with Gasteiger partial charge < -0.3 is 0 Å². The molecule has 2 aromatic rings. The summed E-state index contributed by atoms with van der Waals surface area (Å²) in [6.07, 6.45) is 6.21. The summed E-state index contributed by atoms with van der Waals surface area (Å²) >= 11 is 8.22. The van der Waals surface area contributed by atoms with Gasteiger partial charge in [0.1, 0.15) is 15.8 Å². The zero-order valence-electron chi connectivity index (χ0n) is 10.8. The molecule has 0 bridgehead atoms. The number of aryl methyl sites for hydroxylation is 2. The predicted molar refractivity (Wildman–Crippen MR) is 77.8 cm³/mol. The highest BCUT2D eigenvalue weighted by atomic mass is 35.5. The highest BCUT2D eigenvalue weighted by Gasteiger charge is 2.20. The second-order valence-electron chi connectivity index (χ2n) is 5.27. The van der Waals surface area contributed by atoms with Crippen molar-refractivity contribution < 1.29 is 0 Å². The van der Waals surface area contributed by atoms with Crippen LogP contribution in [-0.4, -0.2) is 9.97 Å². The largest absolute Gasteiger partial charge is 0.222 e. The quantitative estimate of drug-likeness (QED) is 0.557. The number of thiophene rings is 1. The number of hydrogen-bond donors (Lipinski definition) is 0. The van der Waals surface area contributed by atoms with Gasteiger partial charge in [-0.25, -0.2) is 9.97 Å². The first-order valence-corrected chi connectivity index (χ1v) is 7.84. The number of hydrogen-bond acceptors (Lipinski definition) is 3. The molecule has 96 valence electrons. The van der Waals surface area contributed by atoms with Crippen molar-refractivity contribution in [2.75, 3.05) is 0 Å². The van der Waals surface area contributed by atoms with Crippen LogP contribution in [0, 0.1) is 0 Å². The van der Waals surface area contributed by atoms with E-state index in [-0.39, 0.29) is 0 Å². The van der Waals surface area contributed by atoms with Gasteiger partial charge in [-0.2, -0.15) is 0 Å². The molecule has 0 saturated heterocycles. The zero-order chi connectivity index (χ0) is 12.7. The van der Waals surface area contributed by atoms with Crippen molar-refractivity contribution in [3.63, 3.8) is 0 Å². The van der Waals surface area contributed by atoms with Gasteiger partial charge in [0.25, 0.3) is 0 Å². The van der Waals surface area contributed by atoms with Crippen LogP contribution in [0.25, 0.3) is 10.2 Å². The lowest BCUT2D eigenvalue weighted by molar-refractivity contribution is 0.713. The van der Waals surface area contributed by atoms with E-state index in [0.29, 0.717) is 11.1 Å². The Morgan fingerprint density at radius 2 is 1.89 bits per heavy atom. The highest BCUT2D eigenvalue weighted by molar-refractivity contribution is 7.19. The van der Waals surface area contributed by atoms with E-state index in [1.54, 1.807) is 0 Å². The van der Waals surface area contributed by atoms with Gasteiger partial charge in [0.05, 0.1) is 5.39 Å². The maximum absolute atomic E-state index is 6.39. The topological polar surface area (TPSA) is 25.8 Å². The van der Waals surface area contributed by atoms with Crippen LogP contribution in [-0.2, 0) is 12.8 Å². The summed E-state index contributed by atoms with van der Waals surface area (Å²) in [5.41, 5.74) is 1.42. The molecule has 18 heavy (non-hydrogen) atoms. The summed E-state index contributed by atoms with van der Waals surface area (Å²) < 4.78 is 0. The maximum atomic E-state index is 6.39. The summed E-state index contributed by atoms with van der Waals surface area (Å²) in [5, 5.41) is 1.78. The van der Waals surface area contributed by atoms with E-state index >= 15 is 0 Å². The van der Waals surface area contributed by atoms with Gasteiger partial charge in [-0.3, -0.25) is 0 Å². The van der Waals surface area contributed by atoms with E-state index in [1.165, 1.54) is 36.1 Å². The molecule has 3 rings (SSSR count). The standard InChI is InChI=1S/C14H17ClN2S/c1-8(2)13-16-12(15)11-9-6-4-3-5-7-10(9)18-14(11)17-13/h8H,3-7H2,1-2H3. The van der Waals surface area contributed by atoms with Crippen LogP contribution in [0.3, 0.4) is 0 Å². The first-order chi connectivity index (χ1) is 8.66. The second kappa shape index (κ2) is 4.78. The molecule has 0 atom stereocenters. The Hall–Kier alpha value is -0.670. The summed E-state index contributed by atoms with van der Waals surface area (Å²) in [7, 11) is 0. The van der Waals surface area contributed by atoms with Crippen LogP contribution in [0.2, 0.25) is 5.15 Å². The number of fused-ring (bicyclic) bond motifs is 3. The number of aromatic nitrogens is 2. The molecule has 0 N–H and O–H groups in total. The summed E-state index contributed by atoms with van der Waals surface area (Å²) in [5.74, 6) is 1.19. The van der Waals surface area contributed by atoms with Gasteiger partial charge in [-0.15, -0.1) is 11.3 Å². The molecule has 0 saturated carbocycles. The van der Waals surface area contributed by atoms with Crippen molar-refractivity contribution in [1.29, 1.82) is 0 Å². The van der Waals surface area contributed by atoms with Crippen LogP contribution in [0.1, 0.15) is 55.3 Å². The SMILES string of the molecule is CC(C)c1nc(Cl)c2c3c(sc2n1)CCCCC3. The molecule has 1 aliphatic carbocycles. The normalized spacial score (nSPS) is 16.0. The van der Waals surface area contributed by atoms with Crippen LogP contribution >= 0.6 is 22.9 Å². The van der Waals surface area contributed by atoms with Crippen molar-refractivity contribution in [2.45, 2.75) is 51.9 Å². The van der Waals surface area contributed by atoms with E-state index < -0.39 is 0 Å². The average Bonchev–Trinajstić information content (AvgIpc) is 2.52. The Labute approximate surface area is 116 Å². The summed E-state index contributed by atoms with van der Waals surface area (Å²) in [6, 6.07) is 0. The van der Waals surface area contributed by atoms with E-state index in [1.807, 2.05) is 11.3 Å². The first-order valence-electron chi connectivity index (χ1n) is 6.64. The van der Waals surface area contributed by atoms with E-state index in [4.69, 9.17) is 16.6 Å². The maximum Gasteiger partial charge on any atom is 0.141 e. The predicted octanol–water partition coefficient (Wildman–Crippen LogP) is 4.74. The Bertz CT molecular complexity index is 589. The molecule has 2 heterocycles. The molecule has 2 nitrogen and oxygen atoms in total. The van der Waals surface area contributed by atoms with Gasteiger partial charge >= 0.3 is 0 Å². The highest BCUT2D eigenvalue weighted by Crippen LogP contribution is 2.38. The number of rotatable bonds is 1. The summed E-state index contributed by atoms with van der Waals surface area (Å²) in [4.78, 5) is 11.7. The lowest BCUT2D eigenvalue weighted by Gasteiger charge is -2.05. The third-order valence-electron chi connectivity index (χ3n) is 3.55. The van der Waals surface area contributed by atoms with Crippen LogP contribution in [0.15, 0.2) is 0 Å². The minimum absolute atomic E-state index is 0.328. The van der Waals surface area contributed by atoms with E-state index in [2.05, 4.69) is 18.8 Å². The molecule has 0 spiro atoms. The van der Waals surface area contributed by atoms with Gasteiger partial charge in [-0.05, 0) is 31.2 Å². The third-order valence-corrected chi connectivity index (χ3v) is 5.01. The Balaban J connectivity index is 2.22. The molecule has 2 aromatic heterocycles. The van der Waals surface area contributed by atoms with Gasteiger partial charge in [0.2, 0.25) is 0 Å². The lowest BCUT2D eigenvalue weighted by Crippen LogP contribution is -1.98. The fourth-order valence-corrected chi connectivity index (χ4v) is 4.18. The van der Waals surface area contributed by atoms with Crippen molar-refractivity contribution in [2.24, 2.45) is 0 Å². The van der Waals surface area contributed by atoms with E-state index in [0.717, 1.165) is 22.5 Å².